The number of nitrogens with zero attached hydrogens (tertiary/aromatic N) is 1. The summed E-state index contributed by atoms with van der Waals surface area (Å²) in [6.07, 6.45) is 3.75. The van der Waals surface area contributed by atoms with Crippen LogP contribution < -0.4 is 5.32 Å². The molecule has 1 saturated heterocycles. The molecule has 8 heavy (non-hydrogen) atoms. The Balaban J connectivity index is 2.00. The van der Waals surface area contributed by atoms with Crippen LogP contribution in [-0.2, 0) is 4.74 Å². The maximum Gasteiger partial charge on any atom is 0.112 e. The van der Waals surface area contributed by atoms with Gasteiger partial charge in [0.2, 0.25) is 0 Å². The molecule has 1 fully saturated rings. The third-order valence-corrected chi connectivity index (χ3v) is 1.29. The van der Waals surface area contributed by atoms with Crippen LogP contribution in [0.4, 0.5) is 0 Å². The zero-order chi connectivity index (χ0) is 5.66. The van der Waals surface area contributed by atoms with Crippen LogP contribution >= 0.6 is 0 Å². The van der Waals surface area contributed by atoms with E-state index in [1.165, 1.54) is 19.3 Å². The van der Waals surface area contributed by atoms with Crippen molar-refractivity contribution in [2.75, 3.05) is 19.9 Å². The lowest BCUT2D eigenvalue weighted by Crippen LogP contribution is -2.15. The van der Waals surface area contributed by atoms with Crippen molar-refractivity contribution in [2.45, 2.75) is 19.3 Å². The molecular formula is C6H12NO. The van der Waals surface area contributed by atoms with Crippen LogP contribution in [0.25, 0.3) is 0 Å². The fourth-order valence-corrected chi connectivity index (χ4v) is 0.798. The molecule has 0 aromatic carbocycles. The highest BCUT2D eigenvalue weighted by Crippen LogP contribution is 1.97. The summed E-state index contributed by atoms with van der Waals surface area (Å²) in [5, 5.41) is 4.11. The molecule has 0 saturated carbocycles. The fraction of sp³-hybridized carbons (Fsp3) is 1.00. The molecule has 0 aromatic rings. The standard InChI is InChI=1S/C6H12NO/c1-2-4-7-6-8-5-3-1/h1-6H2. The van der Waals surface area contributed by atoms with Crippen LogP contribution in [0.1, 0.15) is 19.3 Å². The van der Waals surface area contributed by atoms with Crippen molar-refractivity contribution >= 4 is 0 Å². The highest BCUT2D eigenvalue weighted by Gasteiger charge is 1.95. The predicted octanol–water partition coefficient (Wildman–Crippen LogP) is 0.749. The van der Waals surface area contributed by atoms with Crippen LogP contribution in [0.5, 0.6) is 0 Å². The Bertz CT molecular complexity index is 32.5. The lowest BCUT2D eigenvalue weighted by atomic mass is 10.2. The van der Waals surface area contributed by atoms with Gasteiger partial charge in [-0.1, -0.05) is 0 Å². The van der Waals surface area contributed by atoms with Gasteiger partial charge in [0.15, 0.2) is 0 Å². The Labute approximate surface area is 50.2 Å². The number of ether oxygens (including phenoxy) is 1. The molecule has 0 N–H and O–H groups in total. The summed E-state index contributed by atoms with van der Waals surface area (Å²) in [5.41, 5.74) is 0. The highest BCUT2D eigenvalue weighted by molar-refractivity contribution is 4.47. The summed E-state index contributed by atoms with van der Waals surface area (Å²) < 4.78 is 5.11. The van der Waals surface area contributed by atoms with Crippen LogP contribution in [-0.4, -0.2) is 19.9 Å². The van der Waals surface area contributed by atoms with E-state index in [1.807, 2.05) is 0 Å². The zero-order valence-corrected chi connectivity index (χ0v) is 5.10. The van der Waals surface area contributed by atoms with E-state index in [9.17, 15) is 0 Å². The van der Waals surface area contributed by atoms with Gasteiger partial charge in [0.25, 0.3) is 0 Å². The van der Waals surface area contributed by atoms with Gasteiger partial charge in [-0.3, -0.25) is 0 Å². The second kappa shape index (κ2) is 3.87. The average Bonchev–Trinajstić information content (AvgIpc) is 1.62. The Morgan fingerprint density at radius 3 is 3.12 bits per heavy atom. The number of hydrogen-bond acceptors (Lipinski definition) is 1. The predicted molar refractivity (Wildman–Crippen MR) is 31.7 cm³/mol. The Morgan fingerprint density at radius 2 is 2.12 bits per heavy atom. The van der Waals surface area contributed by atoms with Gasteiger partial charge in [-0.15, -0.1) is 0 Å². The second-order valence-electron chi connectivity index (χ2n) is 2.05. The summed E-state index contributed by atoms with van der Waals surface area (Å²) >= 11 is 0. The van der Waals surface area contributed by atoms with Crippen molar-refractivity contribution in [1.82, 2.24) is 5.32 Å². The molecule has 1 aliphatic heterocycles. The molecule has 1 heterocycles. The van der Waals surface area contributed by atoms with E-state index in [0.29, 0.717) is 6.73 Å². The van der Waals surface area contributed by atoms with E-state index in [4.69, 9.17) is 4.74 Å². The molecular weight excluding hydrogens is 102 g/mol. The summed E-state index contributed by atoms with van der Waals surface area (Å²) in [7, 11) is 0. The van der Waals surface area contributed by atoms with Crippen LogP contribution in [0.15, 0.2) is 0 Å². The molecule has 0 atom stereocenters. The maximum atomic E-state index is 5.11. The summed E-state index contributed by atoms with van der Waals surface area (Å²) in [6, 6.07) is 0. The molecule has 1 radical (unpaired) electrons. The summed E-state index contributed by atoms with van der Waals surface area (Å²) in [6.45, 7) is 2.53. The van der Waals surface area contributed by atoms with Gasteiger partial charge < -0.3 is 4.74 Å². The van der Waals surface area contributed by atoms with E-state index in [2.05, 4.69) is 5.32 Å². The Morgan fingerprint density at radius 1 is 1.12 bits per heavy atom. The molecule has 0 unspecified atom stereocenters. The van der Waals surface area contributed by atoms with Crippen LogP contribution in [0.2, 0.25) is 0 Å². The third-order valence-electron chi connectivity index (χ3n) is 1.29. The van der Waals surface area contributed by atoms with E-state index in [0.717, 1.165) is 13.2 Å². The van der Waals surface area contributed by atoms with Gasteiger partial charge in [0, 0.05) is 13.2 Å². The lowest BCUT2D eigenvalue weighted by Gasteiger charge is -2.07. The van der Waals surface area contributed by atoms with E-state index >= 15 is 0 Å². The van der Waals surface area contributed by atoms with Gasteiger partial charge in [0.1, 0.15) is 6.73 Å². The molecule has 47 valence electrons. The SMILES string of the molecule is C1CC[N]COCC1. The number of hydrogen-bond donors (Lipinski definition) is 0. The molecule has 1 aliphatic rings. The van der Waals surface area contributed by atoms with E-state index in [1.54, 1.807) is 0 Å². The number of rotatable bonds is 0. The van der Waals surface area contributed by atoms with Crippen molar-refractivity contribution < 1.29 is 4.74 Å². The Hall–Kier alpha value is -0.0800. The molecule has 1 rings (SSSR count). The highest BCUT2D eigenvalue weighted by atomic mass is 16.5. The first kappa shape index (κ1) is 6.05. The quantitative estimate of drug-likeness (QED) is 0.455. The third kappa shape index (κ3) is 2.28. The summed E-state index contributed by atoms with van der Waals surface area (Å²) in [4.78, 5) is 0. The van der Waals surface area contributed by atoms with Crippen LogP contribution in [0.3, 0.4) is 0 Å². The smallest absolute Gasteiger partial charge is 0.112 e. The van der Waals surface area contributed by atoms with Gasteiger partial charge in [-0.25, -0.2) is 5.32 Å². The minimum Gasteiger partial charge on any atom is -0.365 e. The lowest BCUT2D eigenvalue weighted by molar-refractivity contribution is 0.101. The first-order chi connectivity index (χ1) is 4.00. The largest absolute Gasteiger partial charge is 0.365 e. The van der Waals surface area contributed by atoms with Crippen molar-refractivity contribution in [3.8, 4) is 0 Å². The summed E-state index contributed by atoms with van der Waals surface area (Å²) in [5.74, 6) is 0. The molecule has 0 amide bonds. The van der Waals surface area contributed by atoms with Gasteiger partial charge in [0.05, 0.1) is 0 Å². The van der Waals surface area contributed by atoms with Gasteiger partial charge >= 0.3 is 0 Å². The molecule has 0 aliphatic carbocycles. The van der Waals surface area contributed by atoms with Crippen molar-refractivity contribution in [1.29, 1.82) is 0 Å². The minimum absolute atomic E-state index is 0.625. The van der Waals surface area contributed by atoms with E-state index in [-0.39, 0.29) is 0 Å². The van der Waals surface area contributed by atoms with Crippen molar-refractivity contribution in [2.24, 2.45) is 0 Å². The first-order valence-electron chi connectivity index (χ1n) is 3.21. The zero-order valence-electron chi connectivity index (χ0n) is 5.10. The average molecular weight is 114 g/mol. The first-order valence-corrected chi connectivity index (χ1v) is 3.21. The Kier molecular flexibility index (Phi) is 2.92. The minimum atomic E-state index is 0.625. The maximum absolute atomic E-state index is 5.11. The van der Waals surface area contributed by atoms with E-state index < -0.39 is 0 Å². The molecule has 0 spiro atoms. The van der Waals surface area contributed by atoms with Crippen LogP contribution in [0, 0.1) is 0 Å². The normalized spacial score (nSPS) is 24.0. The molecule has 0 bridgehead atoms. The van der Waals surface area contributed by atoms with Crippen molar-refractivity contribution in [3.05, 3.63) is 0 Å². The molecule has 0 aromatic heterocycles. The topological polar surface area (TPSA) is 23.3 Å². The van der Waals surface area contributed by atoms with Crippen molar-refractivity contribution in [3.63, 3.8) is 0 Å². The monoisotopic (exact) mass is 114 g/mol. The van der Waals surface area contributed by atoms with Gasteiger partial charge in [-0.2, -0.15) is 0 Å². The fourth-order valence-electron chi connectivity index (χ4n) is 0.798. The van der Waals surface area contributed by atoms with Gasteiger partial charge in [-0.05, 0) is 19.3 Å². The molecule has 2 heteroatoms. The molecule has 2 nitrogen and oxygen atoms in total. The second-order valence-corrected chi connectivity index (χ2v) is 2.05.